The Morgan fingerprint density at radius 1 is 1.25 bits per heavy atom. The first-order chi connectivity index (χ1) is 11.6. The second kappa shape index (κ2) is 7.08. The minimum absolute atomic E-state index is 0.0693. The molecule has 0 N–H and O–H groups in total. The standard InChI is InChI=1S/C17H19N5O2/c1-13-8-9-15(24-13)11-21(2)17(23)16(22-12-18-19-20-22)10-14-6-4-3-5-7-14/h3-9,12,16H,10-11H2,1-2H3. The molecule has 0 fully saturated rings. The molecule has 0 aliphatic rings. The van der Waals surface area contributed by atoms with Gasteiger partial charge in [0.2, 0.25) is 5.91 Å². The highest BCUT2D eigenvalue weighted by atomic mass is 16.3. The highest BCUT2D eigenvalue weighted by Crippen LogP contribution is 2.17. The van der Waals surface area contributed by atoms with E-state index < -0.39 is 6.04 Å². The van der Waals surface area contributed by atoms with E-state index >= 15 is 0 Å². The summed E-state index contributed by atoms with van der Waals surface area (Å²) in [5, 5.41) is 11.2. The summed E-state index contributed by atoms with van der Waals surface area (Å²) >= 11 is 0. The number of nitrogens with zero attached hydrogens (tertiary/aromatic N) is 5. The number of carbonyl (C=O) groups is 1. The number of likely N-dealkylation sites (N-methyl/N-ethyl adjacent to an activating group) is 1. The van der Waals surface area contributed by atoms with Crippen molar-refractivity contribution < 1.29 is 9.21 Å². The van der Waals surface area contributed by atoms with Crippen LogP contribution in [0, 0.1) is 6.92 Å². The second-order valence-corrected chi connectivity index (χ2v) is 5.70. The fraction of sp³-hybridized carbons (Fsp3) is 0.294. The molecule has 1 aromatic carbocycles. The lowest BCUT2D eigenvalue weighted by Crippen LogP contribution is -2.35. The first-order valence-corrected chi connectivity index (χ1v) is 7.70. The zero-order valence-corrected chi connectivity index (χ0v) is 13.7. The lowest BCUT2D eigenvalue weighted by molar-refractivity contribution is -0.134. The molecule has 0 saturated heterocycles. The molecule has 0 radical (unpaired) electrons. The number of hydrogen-bond donors (Lipinski definition) is 0. The molecule has 0 bridgehead atoms. The monoisotopic (exact) mass is 325 g/mol. The average Bonchev–Trinajstić information content (AvgIpc) is 3.25. The van der Waals surface area contributed by atoms with Gasteiger partial charge >= 0.3 is 0 Å². The molecule has 7 nitrogen and oxygen atoms in total. The SMILES string of the molecule is Cc1ccc(CN(C)C(=O)C(Cc2ccccc2)n2cnnn2)o1. The maximum Gasteiger partial charge on any atom is 0.248 e. The maximum absolute atomic E-state index is 12.9. The van der Waals surface area contributed by atoms with E-state index in [2.05, 4.69) is 15.5 Å². The number of furan rings is 1. The Balaban J connectivity index is 1.78. The van der Waals surface area contributed by atoms with Gasteiger partial charge < -0.3 is 9.32 Å². The summed E-state index contributed by atoms with van der Waals surface area (Å²) in [4.78, 5) is 14.6. The van der Waals surface area contributed by atoms with Crippen LogP contribution in [-0.2, 0) is 17.8 Å². The van der Waals surface area contributed by atoms with Crippen LogP contribution in [0.15, 0.2) is 53.2 Å². The van der Waals surface area contributed by atoms with E-state index in [1.807, 2.05) is 49.4 Å². The van der Waals surface area contributed by atoms with Gasteiger partial charge in [-0.25, -0.2) is 4.68 Å². The first kappa shape index (κ1) is 15.9. The topological polar surface area (TPSA) is 77.1 Å². The number of carbonyl (C=O) groups excluding carboxylic acids is 1. The number of aromatic nitrogens is 4. The Bertz CT molecular complexity index is 782. The van der Waals surface area contributed by atoms with E-state index in [-0.39, 0.29) is 5.91 Å². The molecule has 2 aromatic heterocycles. The highest BCUT2D eigenvalue weighted by molar-refractivity contribution is 5.80. The molecular formula is C17H19N5O2. The fourth-order valence-corrected chi connectivity index (χ4v) is 2.58. The quantitative estimate of drug-likeness (QED) is 0.693. The zero-order chi connectivity index (χ0) is 16.9. The van der Waals surface area contributed by atoms with E-state index in [9.17, 15) is 4.79 Å². The van der Waals surface area contributed by atoms with Gasteiger partial charge in [-0.2, -0.15) is 0 Å². The average molecular weight is 325 g/mol. The van der Waals surface area contributed by atoms with Crippen molar-refractivity contribution in [2.24, 2.45) is 0 Å². The lowest BCUT2D eigenvalue weighted by atomic mass is 10.1. The minimum Gasteiger partial charge on any atom is -0.464 e. The summed E-state index contributed by atoms with van der Waals surface area (Å²) in [6.07, 6.45) is 1.99. The molecule has 3 aromatic rings. The summed E-state index contributed by atoms with van der Waals surface area (Å²) in [6, 6.07) is 13.1. The van der Waals surface area contributed by atoms with Gasteiger partial charge in [-0.1, -0.05) is 30.3 Å². The molecule has 3 rings (SSSR count). The molecular weight excluding hydrogens is 306 g/mol. The van der Waals surface area contributed by atoms with Gasteiger partial charge in [-0.05, 0) is 35.0 Å². The zero-order valence-electron chi connectivity index (χ0n) is 13.7. The fourth-order valence-electron chi connectivity index (χ4n) is 2.58. The third-order valence-electron chi connectivity index (χ3n) is 3.81. The molecule has 0 aliphatic carbocycles. The normalized spacial score (nSPS) is 12.1. The van der Waals surface area contributed by atoms with Crippen LogP contribution >= 0.6 is 0 Å². The van der Waals surface area contributed by atoms with Gasteiger partial charge in [0.25, 0.3) is 0 Å². The third kappa shape index (κ3) is 3.68. The molecule has 1 amide bonds. The van der Waals surface area contributed by atoms with Gasteiger partial charge in [0.1, 0.15) is 23.9 Å². The lowest BCUT2D eigenvalue weighted by Gasteiger charge is -2.23. The largest absolute Gasteiger partial charge is 0.464 e. The molecule has 7 heteroatoms. The Kier molecular flexibility index (Phi) is 4.69. The van der Waals surface area contributed by atoms with Gasteiger partial charge in [0.05, 0.1) is 6.54 Å². The Labute approximate surface area is 139 Å². The van der Waals surface area contributed by atoms with E-state index in [0.29, 0.717) is 13.0 Å². The van der Waals surface area contributed by atoms with Crippen LogP contribution in [0.25, 0.3) is 0 Å². The molecule has 0 aliphatic heterocycles. The van der Waals surface area contributed by atoms with Crippen molar-refractivity contribution in [2.75, 3.05) is 7.05 Å². The van der Waals surface area contributed by atoms with Crippen molar-refractivity contribution in [3.63, 3.8) is 0 Å². The summed E-state index contributed by atoms with van der Waals surface area (Å²) in [5.74, 6) is 1.51. The molecule has 1 atom stereocenters. The molecule has 24 heavy (non-hydrogen) atoms. The van der Waals surface area contributed by atoms with E-state index in [1.54, 1.807) is 11.9 Å². The summed E-state index contributed by atoms with van der Waals surface area (Å²) < 4.78 is 7.05. The smallest absolute Gasteiger partial charge is 0.248 e. The molecule has 1 unspecified atom stereocenters. The molecule has 0 spiro atoms. The van der Waals surface area contributed by atoms with Crippen molar-refractivity contribution in [1.29, 1.82) is 0 Å². The van der Waals surface area contributed by atoms with E-state index in [4.69, 9.17) is 4.42 Å². The van der Waals surface area contributed by atoms with Gasteiger partial charge in [0, 0.05) is 13.5 Å². The predicted molar refractivity (Wildman–Crippen MR) is 86.9 cm³/mol. The van der Waals surface area contributed by atoms with Crippen LogP contribution in [0.2, 0.25) is 0 Å². The first-order valence-electron chi connectivity index (χ1n) is 7.70. The van der Waals surface area contributed by atoms with Gasteiger partial charge in [-0.15, -0.1) is 5.10 Å². The maximum atomic E-state index is 12.9. The number of aryl methyl sites for hydroxylation is 1. The van der Waals surface area contributed by atoms with E-state index in [0.717, 1.165) is 17.1 Å². The second-order valence-electron chi connectivity index (χ2n) is 5.70. The third-order valence-corrected chi connectivity index (χ3v) is 3.81. The minimum atomic E-state index is -0.497. The van der Waals surface area contributed by atoms with Crippen molar-refractivity contribution in [2.45, 2.75) is 25.9 Å². The number of amides is 1. The van der Waals surface area contributed by atoms with Crippen molar-refractivity contribution in [3.05, 3.63) is 65.9 Å². The Hall–Kier alpha value is -2.96. The van der Waals surface area contributed by atoms with Crippen LogP contribution < -0.4 is 0 Å². The number of hydrogen-bond acceptors (Lipinski definition) is 5. The van der Waals surface area contributed by atoms with E-state index in [1.165, 1.54) is 11.0 Å². The Morgan fingerprint density at radius 3 is 2.67 bits per heavy atom. The Morgan fingerprint density at radius 2 is 2.04 bits per heavy atom. The van der Waals surface area contributed by atoms with Crippen molar-refractivity contribution in [1.82, 2.24) is 25.1 Å². The van der Waals surface area contributed by atoms with Crippen LogP contribution in [0.1, 0.15) is 23.1 Å². The number of rotatable bonds is 6. The predicted octanol–water partition coefficient (Wildman–Crippen LogP) is 2.02. The molecule has 2 heterocycles. The van der Waals surface area contributed by atoms with Crippen LogP contribution in [0.3, 0.4) is 0 Å². The summed E-state index contributed by atoms with van der Waals surface area (Å²) in [5.41, 5.74) is 1.05. The summed E-state index contributed by atoms with van der Waals surface area (Å²) in [7, 11) is 1.75. The number of benzene rings is 1. The van der Waals surface area contributed by atoms with Crippen molar-refractivity contribution in [3.8, 4) is 0 Å². The molecule has 124 valence electrons. The highest BCUT2D eigenvalue weighted by Gasteiger charge is 2.26. The van der Waals surface area contributed by atoms with Gasteiger partial charge in [-0.3, -0.25) is 4.79 Å². The van der Waals surface area contributed by atoms with Crippen molar-refractivity contribution >= 4 is 5.91 Å². The van der Waals surface area contributed by atoms with Crippen LogP contribution in [-0.4, -0.2) is 38.1 Å². The van der Waals surface area contributed by atoms with Gasteiger partial charge in [0.15, 0.2) is 0 Å². The number of tetrazole rings is 1. The van der Waals surface area contributed by atoms with Crippen LogP contribution in [0.5, 0.6) is 0 Å². The summed E-state index contributed by atoms with van der Waals surface area (Å²) in [6.45, 7) is 2.28. The van der Waals surface area contributed by atoms with Crippen LogP contribution in [0.4, 0.5) is 0 Å². The molecule has 0 saturated carbocycles.